The smallest absolute Gasteiger partial charge is 0.270 e. The second kappa shape index (κ2) is 9.09. The maximum absolute atomic E-state index is 13.5. The molecule has 2 aromatic carbocycles. The fraction of sp³-hybridized carbons (Fsp3) is 0.238. The van der Waals surface area contributed by atoms with Gasteiger partial charge in [-0.2, -0.15) is 0 Å². The van der Waals surface area contributed by atoms with Crippen LogP contribution in [0.15, 0.2) is 57.9 Å². The number of hydrogen-bond donors (Lipinski definition) is 1. The summed E-state index contributed by atoms with van der Waals surface area (Å²) in [6.45, 7) is 2.59. The number of amides is 1. The summed E-state index contributed by atoms with van der Waals surface area (Å²) in [5, 5.41) is 6.43. The van der Waals surface area contributed by atoms with Crippen LogP contribution in [0.1, 0.15) is 11.5 Å². The summed E-state index contributed by atoms with van der Waals surface area (Å²) >= 11 is 0. The lowest BCUT2D eigenvalue weighted by Gasteiger charge is -2.24. The number of sulfonamides is 1. The first-order chi connectivity index (χ1) is 14.8. The Labute approximate surface area is 180 Å². The van der Waals surface area contributed by atoms with Crippen LogP contribution >= 0.6 is 0 Å². The second-order valence-electron chi connectivity index (χ2n) is 6.64. The third-order valence-electron chi connectivity index (χ3n) is 4.54. The molecule has 3 rings (SSSR count). The van der Waals surface area contributed by atoms with Crippen molar-refractivity contribution in [2.45, 2.75) is 18.7 Å². The van der Waals surface area contributed by atoms with Crippen LogP contribution in [-0.4, -0.2) is 40.2 Å². The van der Waals surface area contributed by atoms with Crippen molar-refractivity contribution in [2.75, 3.05) is 30.4 Å². The number of aryl methyl sites for hydroxylation is 2. The van der Waals surface area contributed by atoms with Crippen molar-refractivity contribution in [3.8, 4) is 11.5 Å². The van der Waals surface area contributed by atoms with Gasteiger partial charge in [-0.05, 0) is 62.4 Å². The van der Waals surface area contributed by atoms with Gasteiger partial charge in [0.2, 0.25) is 5.91 Å². The number of benzene rings is 2. The van der Waals surface area contributed by atoms with Crippen LogP contribution < -0.4 is 19.1 Å². The Morgan fingerprint density at radius 3 is 2.03 bits per heavy atom. The molecule has 0 aliphatic heterocycles. The predicted octanol–water partition coefficient (Wildman–Crippen LogP) is 3.14. The van der Waals surface area contributed by atoms with Gasteiger partial charge in [0.25, 0.3) is 10.0 Å². The molecule has 0 spiro atoms. The number of carbonyl (C=O) groups is 1. The molecule has 0 aliphatic rings. The summed E-state index contributed by atoms with van der Waals surface area (Å²) in [6.07, 6.45) is 0. The van der Waals surface area contributed by atoms with Crippen molar-refractivity contribution < 1.29 is 27.2 Å². The van der Waals surface area contributed by atoms with Crippen LogP contribution in [-0.2, 0) is 14.8 Å². The highest BCUT2D eigenvalue weighted by atomic mass is 32.2. The number of anilines is 2. The highest BCUT2D eigenvalue weighted by Crippen LogP contribution is 2.29. The van der Waals surface area contributed by atoms with E-state index in [0.29, 0.717) is 22.9 Å². The highest BCUT2D eigenvalue weighted by molar-refractivity contribution is 7.93. The molecule has 0 saturated carbocycles. The standard InChI is InChI=1S/C21H23N3O6S/c1-14-21(15(2)30-23-14)31(26,27)24(17-7-11-19(29-4)12-8-17)13-20(25)22-16-5-9-18(28-3)10-6-16/h5-12H,13H2,1-4H3,(H,22,25). The maximum atomic E-state index is 13.5. The number of aromatic nitrogens is 1. The third-order valence-corrected chi connectivity index (χ3v) is 6.56. The topological polar surface area (TPSA) is 111 Å². The quantitative estimate of drug-likeness (QED) is 0.567. The van der Waals surface area contributed by atoms with E-state index >= 15 is 0 Å². The van der Waals surface area contributed by atoms with Gasteiger partial charge in [-0.3, -0.25) is 9.10 Å². The van der Waals surface area contributed by atoms with Crippen molar-refractivity contribution >= 4 is 27.3 Å². The van der Waals surface area contributed by atoms with E-state index in [1.54, 1.807) is 55.6 Å². The summed E-state index contributed by atoms with van der Waals surface area (Å²) in [7, 11) is -1.08. The second-order valence-corrected chi connectivity index (χ2v) is 8.44. The Balaban J connectivity index is 1.94. The molecule has 0 fully saturated rings. The number of nitrogens with one attached hydrogen (secondary N) is 1. The van der Waals surface area contributed by atoms with Crippen molar-refractivity contribution in [3.63, 3.8) is 0 Å². The third kappa shape index (κ3) is 4.80. The van der Waals surface area contributed by atoms with Crippen molar-refractivity contribution in [2.24, 2.45) is 0 Å². The molecule has 0 aliphatic carbocycles. The summed E-state index contributed by atoms with van der Waals surface area (Å²) in [4.78, 5) is 12.7. The van der Waals surface area contributed by atoms with Gasteiger partial charge in [0, 0.05) is 5.69 Å². The fourth-order valence-corrected chi connectivity index (χ4v) is 4.74. The number of hydrogen-bond acceptors (Lipinski definition) is 7. The molecule has 9 nitrogen and oxygen atoms in total. The largest absolute Gasteiger partial charge is 0.497 e. The summed E-state index contributed by atoms with van der Waals surface area (Å²) < 4.78 is 43.2. The number of nitrogens with zero attached hydrogens (tertiary/aromatic N) is 2. The Morgan fingerprint density at radius 1 is 1.00 bits per heavy atom. The molecular weight excluding hydrogens is 422 g/mol. The van der Waals surface area contributed by atoms with Gasteiger partial charge in [0.15, 0.2) is 10.7 Å². The van der Waals surface area contributed by atoms with E-state index in [-0.39, 0.29) is 16.3 Å². The normalized spacial score (nSPS) is 11.1. The van der Waals surface area contributed by atoms with Gasteiger partial charge in [0.1, 0.15) is 23.7 Å². The molecule has 3 aromatic rings. The van der Waals surface area contributed by atoms with E-state index in [2.05, 4.69) is 10.5 Å². The van der Waals surface area contributed by atoms with Crippen LogP contribution in [0.3, 0.4) is 0 Å². The van der Waals surface area contributed by atoms with Gasteiger partial charge in [-0.25, -0.2) is 8.42 Å². The van der Waals surface area contributed by atoms with Crippen LogP contribution in [0.2, 0.25) is 0 Å². The molecule has 10 heteroatoms. The van der Waals surface area contributed by atoms with Crippen LogP contribution in [0.5, 0.6) is 11.5 Å². The van der Waals surface area contributed by atoms with E-state index in [9.17, 15) is 13.2 Å². The maximum Gasteiger partial charge on any atom is 0.270 e. The minimum Gasteiger partial charge on any atom is -0.497 e. The molecule has 1 aromatic heterocycles. The first kappa shape index (κ1) is 22.2. The fourth-order valence-electron chi connectivity index (χ4n) is 3.02. The van der Waals surface area contributed by atoms with Crippen LogP contribution in [0.25, 0.3) is 0 Å². The minimum absolute atomic E-state index is 0.0689. The zero-order chi connectivity index (χ0) is 22.6. The number of rotatable bonds is 8. The van der Waals surface area contributed by atoms with Gasteiger partial charge >= 0.3 is 0 Å². The SMILES string of the molecule is COc1ccc(NC(=O)CN(c2ccc(OC)cc2)S(=O)(=O)c2c(C)noc2C)cc1. The molecule has 0 radical (unpaired) electrons. The molecule has 1 N–H and O–H groups in total. The monoisotopic (exact) mass is 445 g/mol. The minimum atomic E-state index is -4.13. The lowest BCUT2D eigenvalue weighted by atomic mass is 10.3. The number of methoxy groups -OCH3 is 2. The van der Waals surface area contributed by atoms with Crippen molar-refractivity contribution in [3.05, 3.63) is 60.0 Å². The summed E-state index contributed by atoms with van der Waals surface area (Å²) in [6, 6.07) is 13.1. The Morgan fingerprint density at radius 2 is 1.55 bits per heavy atom. The lowest BCUT2D eigenvalue weighted by Crippen LogP contribution is -2.38. The zero-order valence-corrected chi connectivity index (χ0v) is 18.4. The van der Waals surface area contributed by atoms with Crippen molar-refractivity contribution in [1.82, 2.24) is 5.16 Å². The van der Waals surface area contributed by atoms with Crippen LogP contribution in [0.4, 0.5) is 11.4 Å². The summed E-state index contributed by atoms with van der Waals surface area (Å²) in [5.74, 6) is 0.822. The molecule has 31 heavy (non-hydrogen) atoms. The first-order valence-electron chi connectivity index (χ1n) is 9.30. The van der Waals surface area contributed by atoms with Gasteiger partial charge < -0.3 is 19.3 Å². The predicted molar refractivity (Wildman–Crippen MR) is 115 cm³/mol. The van der Waals surface area contributed by atoms with Gasteiger partial charge in [0.05, 0.1) is 19.9 Å². The first-order valence-corrected chi connectivity index (χ1v) is 10.7. The molecule has 164 valence electrons. The van der Waals surface area contributed by atoms with E-state index in [4.69, 9.17) is 14.0 Å². The molecule has 0 atom stereocenters. The Hall–Kier alpha value is -3.53. The zero-order valence-electron chi connectivity index (χ0n) is 17.6. The number of ether oxygens (including phenoxy) is 2. The van der Waals surface area contributed by atoms with E-state index in [1.165, 1.54) is 21.0 Å². The average Bonchev–Trinajstić information content (AvgIpc) is 3.11. The van der Waals surface area contributed by atoms with Crippen LogP contribution in [0, 0.1) is 13.8 Å². The molecule has 0 saturated heterocycles. The Bertz CT molecular complexity index is 1140. The molecule has 1 heterocycles. The van der Waals surface area contributed by atoms with Gasteiger partial charge in [-0.15, -0.1) is 0 Å². The molecule has 0 unspecified atom stereocenters. The molecule has 1 amide bonds. The lowest BCUT2D eigenvalue weighted by molar-refractivity contribution is -0.114. The molecule has 0 bridgehead atoms. The van der Waals surface area contributed by atoms with E-state index in [1.807, 2.05) is 0 Å². The number of carbonyl (C=O) groups excluding carboxylic acids is 1. The van der Waals surface area contributed by atoms with Gasteiger partial charge in [-0.1, -0.05) is 5.16 Å². The van der Waals surface area contributed by atoms with E-state index < -0.39 is 22.5 Å². The van der Waals surface area contributed by atoms with E-state index in [0.717, 1.165) is 4.31 Å². The Kier molecular flexibility index (Phi) is 6.50. The highest BCUT2D eigenvalue weighted by Gasteiger charge is 2.32. The summed E-state index contributed by atoms with van der Waals surface area (Å²) in [5.41, 5.74) is 1.02. The molecular formula is C21H23N3O6S. The van der Waals surface area contributed by atoms with Crippen molar-refractivity contribution in [1.29, 1.82) is 0 Å². The average molecular weight is 445 g/mol.